The number of nitro benzene ring substituents is 1. The van der Waals surface area contributed by atoms with E-state index < -0.39 is 28.0 Å². The molecule has 0 aliphatic carbocycles. The topological polar surface area (TPSA) is 98.4 Å². The van der Waals surface area contributed by atoms with Gasteiger partial charge in [0.05, 0.1) is 17.6 Å². The highest BCUT2D eigenvalue weighted by atomic mass is 19.1. The highest BCUT2D eigenvalue weighted by Crippen LogP contribution is 2.28. The number of aliphatic hydroxyl groups excluding tert-OH is 1. The fourth-order valence-corrected chi connectivity index (χ4v) is 1.31. The molecule has 0 fully saturated rings. The van der Waals surface area contributed by atoms with Gasteiger partial charge in [0.15, 0.2) is 11.6 Å². The van der Waals surface area contributed by atoms with Gasteiger partial charge in [-0.05, 0) is 0 Å². The number of halogens is 2. The minimum Gasteiger partial charge on any atom is -0.421 e. The van der Waals surface area contributed by atoms with E-state index in [1.165, 1.54) is 12.4 Å². The molecular formula is C11H7F2N3O4. The number of nitrogens with zero attached hydrogens (tertiary/aromatic N) is 3. The highest BCUT2D eigenvalue weighted by Gasteiger charge is 2.20. The van der Waals surface area contributed by atoms with Crippen LogP contribution in [0.15, 0.2) is 24.5 Å². The van der Waals surface area contributed by atoms with Crippen LogP contribution >= 0.6 is 0 Å². The molecule has 1 aromatic carbocycles. The Morgan fingerprint density at radius 3 is 2.45 bits per heavy atom. The van der Waals surface area contributed by atoms with Gasteiger partial charge in [-0.15, -0.1) is 0 Å². The molecule has 104 valence electrons. The van der Waals surface area contributed by atoms with E-state index in [4.69, 9.17) is 9.84 Å². The maximum atomic E-state index is 13.5. The number of rotatable bonds is 4. The summed E-state index contributed by atoms with van der Waals surface area (Å²) < 4.78 is 31.8. The number of ether oxygens (including phenoxy) is 1. The van der Waals surface area contributed by atoms with Crippen molar-refractivity contribution in [3.05, 3.63) is 51.8 Å². The lowest BCUT2D eigenvalue weighted by molar-refractivity contribution is -0.387. The summed E-state index contributed by atoms with van der Waals surface area (Å²) in [6.07, 6.45) is 2.48. The number of nitro groups is 1. The van der Waals surface area contributed by atoms with Crippen LogP contribution in [-0.2, 0) is 6.61 Å². The lowest BCUT2D eigenvalue weighted by atomic mass is 10.3. The number of benzene rings is 1. The molecule has 0 atom stereocenters. The van der Waals surface area contributed by atoms with E-state index in [2.05, 4.69) is 9.97 Å². The standard InChI is InChI=1S/C11H7F2N3O4/c12-7-2-10(8(13)1-9(7)16(18)19)20-11-14-3-6(5-17)4-15-11/h1-4,17H,5H2. The average Bonchev–Trinajstić information content (AvgIpc) is 2.43. The molecule has 0 bridgehead atoms. The molecule has 0 saturated heterocycles. The third-order valence-corrected chi connectivity index (χ3v) is 2.26. The maximum absolute atomic E-state index is 13.5. The van der Waals surface area contributed by atoms with E-state index >= 15 is 0 Å². The second-order valence-electron chi connectivity index (χ2n) is 3.63. The Labute approximate surface area is 110 Å². The fourth-order valence-electron chi connectivity index (χ4n) is 1.31. The third kappa shape index (κ3) is 2.83. The van der Waals surface area contributed by atoms with Gasteiger partial charge in [-0.3, -0.25) is 10.1 Å². The van der Waals surface area contributed by atoms with E-state index in [0.29, 0.717) is 17.7 Å². The Balaban J connectivity index is 2.29. The molecule has 0 spiro atoms. The molecule has 1 aromatic heterocycles. The van der Waals surface area contributed by atoms with Crippen LogP contribution in [0.25, 0.3) is 0 Å². The number of hydrogen-bond acceptors (Lipinski definition) is 6. The van der Waals surface area contributed by atoms with Gasteiger partial charge < -0.3 is 9.84 Å². The number of aromatic nitrogens is 2. The minimum atomic E-state index is -1.24. The predicted octanol–water partition coefficient (Wildman–Crippen LogP) is 1.95. The normalized spacial score (nSPS) is 10.3. The Bertz CT molecular complexity index is 649. The quantitative estimate of drug-likeness (QED) is 0.680. The SMILES string of the molecule is O=[N+]([O-])c1cc(F)c(Oc2ncc(CO)cn2)cc1F. The molecule has 0 amide bonds. The summed E-state index contributed by atoms with van der Waals surface area (Å²) in [5.74, 6) is -2.93. The van der Waals surface area contributed by atoms with Crippen LogP contribution in [-0.4, -0.2) is 20.0 Å². The molecule has 2 rings (SSSR count). The number of hydrogen-bond donors (Lipinski definition) is 1. The Hall–Kier alpha value is -2.68. The van der Waals surface area contributed by atoms with Gasteiger partial charge in [0.25, 0.3) is 0 Å². The van der Waals surface area contributed by atoms with Crippen LogP contribution in [0, 0.1) is 21.7 Å². The van der Waals surface area contributed by atoms with Gasteiger partial charge in [-0.2, -0.15) is 4.39 Å². The van der Waals surface area contributed by atoms with Crippen molar-refractivity contribution in [1.82, 2.24) is 9.97 Å². The minimum absolute atomic E-state index is 0.277. The summed E-state index contributed by atoms with van der Waals surface area (Å²) in [6.45, 7) is -0.277. The van der Waals surface area contributed by atoms with Crippen LogP contribution in [0.2, 0.25) is 0 Å². The molecule has 2 aromatic rings. The second-order valence-corrected chi connectivity index (χ2v) is 3.63. The molecular weight excluding hydrogens is 276 g/mol. The monoisotopic (exact) mass is 283 g/mol. The van der Waals surface area contributed by atoms with Crippen LogP contribution in [0.3, 0.4) is 0 Å². The lowest BCUT2D eigenvalue weighted by Crippen LogP contribution is -1.99. The first-order valence-electron chi connectivity index (χ1n) is 5.24. The van der Waals surface area contributed by atoms with E-state index in [0.717, 1.165) is 0 Å². The van der Waals surface area contributed by atoms with Crippen LogP contribution < -0.4 is 4.74 Å². The summed E-state index contributed by atoms with van der Waals surface area (Å²) >= 11 is 0. The lowest BCUT2D eigenvalue weighted by Gasteiger charge is -2.05. The third-order valence-electron chi connectivity index (χ3n) is 2.26. The first-order valence-corrected chi connectivity index (χ1v) is 5.24. The van der Waals surface area contributed by atoms with Crippen molar-refractivity contribution in [2.45, 2.75) is 6.61 Å². The number of aliphatic hydroxyl groups is 1. The zero-order valence-corrected chi connectivity index (χ0v) is 9.79. The summed E-state index contributed by atoms with van der Waals surface area (Å²) in [5.41, 5.74) is -0.584. The van der Waals surface area contributed by atoms with Gasteiger partial charge in [0.2, 0.25) is 5.82 Å². The largest absolute Gasteiger partial charge is 0.421 e. The summed E-state index contributed by atoms with van der Waals surface area (Å²) in [7, 11) is 0. The summed E-state index contributed by atoms with van der Waals surface area (Å²) in [6, 6.07) is 0.665. The smallest absolute Gasteiger partial charge is 0.321 e. The fraction of sp³-hybridized carbons (Fsp3) is 0.0909. The molecule has 1 heterocycles. The predicted molar refractivity (Wildman–Crippen MR) is 61.0 cm³/mol. The van der Waals surface area contributed by atoms with Gasteiger partial charge in [0, 0.05) is 24.0 Å². The Morgan fingerprint density at radius 2 is 1.90 bits per heavy atom. The zero-order valence-electron chi connectivity index (χ0n) is 9.79. The molecule has 0 saturated carbocycles. The van der Waals surface area contributed by atoms with E-state index in [9.17, 15) is 18.9 Å². The van der Waals surface area contributed by atoms with E-state index in [1.807, 2.05) is 0 Å². The average molecular weight is 283 g/mol. The van der Waals surface area contributed by atoms with E-state index in [-0.39, 0.29) is 12.6 Å². The van der Waals surface area contributed by atoms with Gasteiger partial charge in [-0.1, -0.05) is 0 Å². The molecule has 1 N–H and O–H groups in total. The first-order chi connectivity index (χ1) is 9.51. The van der Waals surface area contributed by atoms with Crippen LogP contribution in [0.4, 0.5) is 14.5 Å². The van der Waals surface area contributed by atoms with Crippen molar-refractivity contribution in [3.63, 3.8) is 0 Å². The Morgan fingerprint density at radius 1 is 1.25 bits per heavy atom. The van der Waals surface area contributed by atoms with Gasteiger partial charge >= 0.3 is 11.7 Å². The summed E-state index contributed by atoms with van der Waals surface area (Å²) in [4.78, 5) is 16.7. The van der Waals surface area contributed by atoms with Gasteiger partial charge in [-0.25, -0.2) is 14.4 Å². The van der Waals surface area contributed by atoms with Crippen molar-refractivity contribution in [2.75, 3.05) is 0 Å². The van der Waals surface area contributed by atoms with Crippen molar-refractivity contribution in [2.24, 2.45) is 0 Å². The van der Waals surface area contributed by atoms with Gasteiger partial charge in [0.1, 0.15) is 0 Å². The molecule has 0 radical (unpaired) electrons. The van der Waals surface area contributed by atoms with Crippen molar-refractivity contribution < 1.29 is 23.5 Å². The first kappa shape index (κ1) is 13.7. The maximum Gasteiger partial charge on any atom is 0.321 e. The van der Waals surface area contributed by atoms with Crippen molar-refractivity contribution in [3.8, 4) is 11.8 Å². The molecule has 20 heavy (non-hydrogen) atoms. The molecule has 9 heteroatoms. The summed E-state index contributed by atoms with van der Waals surface area (Å²) in [5, 5.41) is 19.2. The molecule has 0 aliphatic heterocycles. The Kier molecular flexibility index (Phi) is 3.80. The van der Waals surface area contributed by atoms with Crippen molar-refractivity contribution in [1.29, 1.82) is 0 Å². The van der Waals surface area contributed by atoms with Crippen LogP contribution in [0.1, 0.15) is 5.56 Å². The van der Waals surface area contributed by atoms with Crippen LogP contribution in [0.5, 0.6) is 11.8 Å². The molecule has 0 aliphatic rings. The second kappa shape index (κ2) is 5.53. The molecule has 7 nitrogen and oxygen atoms in total. The highest BCUT2D eigenvalue weighted by molar-refractivity contribution is 5.40. The molecule has 0 unspecified atom stereocenters. The zero-order chi connectivity index (χ0) is 14.7. The van der Waals surface area contributed by atoms with Crippen molar-refractivity contribution >= 4 is 5.69 Å². The van der Waals surface area contributed by atoms with E-state index in [1.54, 1.807) is 0 Å².